The molecule has 33 heavy (non-hydrogen) atoms. The van der Waals surface area contributed by atoms with Gasteiger partial charge >= 0.3 is 0 Å². The average Bonchev–Trinajstić information content (AvgIpc) is 2.70. The van der Waals surface area contributed by atoms with Crippen molar-refractivity contribution in [3.8, 4) is 0 Å². The third-order valence-electron chi connectivity index (χ3n) is 5.56. The van der Waals surface area contributed by atoms with Crippen molar-refractivity contribution in [3.05, 3.63) is 64.7 Å². The Morgan fingerprint density at radius 3 is 2.21 bits per heavy atom. The van der Waals surface area contributed by atoms with E-state index in [1.54, 1.807) is 19.1 Å². The molecule has 2 aromatic carbocycles. The van der Waals surface area contributed by atoms with Gasteiger partial charge in [0.1, 0.15) is 12.6 Å². The highest BCUT2D eigenvalue weighted by Crippen LogP contribution is 2.25. The molecule has 1 atom stereocenters. The van der Waals surface area contributed by atoms with Gasteiger partial charge in [-0.3, -0.25) is 13.9 Å². The highest BCUT2D eigenvalue weighted by Gasteiger charge is 2.30. The van der Waals surface area contributed by atoms with Gasteiger partial charge in [-0.2, -0.15) is 0 Å². The number of anilines is 1. The normalized spacial score (nSPS) is 12.4. The van der Waals surface area contributed by atoms with Crippen LogP contribution in [0.15, 0.2) is 42.5 Å². The highest BCUT2D eigenvalue weighted by atomic mass is 32.2. The second-order valence-corrected chi connectivity index (χ2v) is 10.7. The van der Waals surface area contributed by atoms with Crippen LogP contribution in [0.3, 0.4) is 0 Å². The summed E-state index contributed by atoms with van der Waals surface area (Å²) in [5.74, 6) is -0.738. The van der Waals surface area contributed by atoms with Crippen LogP contribution in [0.25, 0.3) is 0 Å². The summed E-state index contributed by atoms with van der Waals surface area (Å²) in [6, 6.07) is 12.2. The molecule has 7 nitrogen and oxygen atoms in total. The minimum absolute atomic E-state index is 0.0849. The average molecular weight is 474 g/mol. The van der Waals surface area contributed by atoms with Gasteiger partial charge < -0.3 is 10.2 Å². The van der Waals surface area contributed by atoms with Crippen LogP contribution >= 0.6 is 0 Å². The topological polar surface area (TPSA) is 86.8 Å². The molecule has 0 saturated heterocycles. The molecule has 0 aliphatic carbocycles. The first kappa shape index (κ1) is 26.4. The van der Waals surface area contributed by atoms with Gasteiger partial charge in [0.05, 0.1) is 11.9 Å². The molecule has 0 radical (unpaired) electrons. The summed E-state index contributed by atoms with van der Waals surface area (Å²) in [7, 11) is -3.75. The number of nitrogens with zero attached hydrogens (tertiary/aromatic N) is 2. The van der Waals surface area contributed by atoms with Crippen molar-refractivity contribution in [2.75, 3.05) is 17.1 Å². The lowest BCUT2D eigenvalue weighted by molar-refractivity contribution is -0.139. The summed E-state index contributed by atoms with van der Waals surface area (Å²) in [6.07, 6.45) is 1.09. The number of hydrogen-bond donors (Lipinski definition) is 1. The monoisotopic (exact) mass is 473 g/mol. The molecule has 0 saturated carbocycles. The Bertz CT molecular complexity index is 1110. The van der Waals surface area contributed by atoms with Gasteiger partial charge in [-0.15, -0.1) is 0 Å². The second kappa shape index (κ2) is 10.8. The molecule has 0 bridgehead atoms. The Hall–Kier alpha value is -2.87. The molecule has 180 valence electrons. The minimum Gasteiger partial charge on any atom is -0.352 e. The van der Waals surface area contributed by atoms with Gasteiger partial charge in [-0.25, -0.2) is 8.42 Å². The summed E-state index contributed by atoms with van der Waals surface area (Å²) in [4.78, 5) is 27.7. The summed E-state index contributed by atoms with van der Waals surface area (Å²) in [6.45, 7) is 10.8. The van der Waals surface area contributed by atoms with E-state index in [2.05, 4.69) is 5.32 Å². The second-order valence-electron chi connectivity index (χ2n) is 8.84. The third-order valence-corrected chi connectivity index (χ3v) is 6.68. The smallest absolute Gasteiger partial charge is 0.244 e. The van der Waals surface area contributed by atoms with E-state index in [4.69, 9.17) is 0 Å². The van der Waals surface area contributed by atoms with Crippen molar-refractivity contribution >= 4 is 27.5 Å². The zero-order valence-corrected chi connectivity index (χ0v) is 21.4. The van der Waals surface area contributed by atoms with E-state index in [-0.39, 0.29) is 18.5 Å². The van der Waals surface area contributed by atoms with Crippen LogP contribution in [-0.2, 0) is 26.2 Å². The predicted octanol–water partition coefficient (Wildman–Crippen LogP) is 3.32. The van der Waals surface area contributed by atoms with Gasteiger partial charge in [0.25, 0.3) is 0 Å². The Morgan fingerprint density at radius 2 is 1.64 bits per heavy atom. The molecule has 1 N–H and O–H groups in total. The van der Waals surface area contributed by atoms with Gasteiger partial charge in [0.2, 0.25) is 21.8 Å². The number of benzene rings is 2. The molecule has 0 spiro atoms. The first-order valence-corrected chi connectivity index (χ1v) is 12.9. The first-order chi connectivity index (χ1) is 15.3. The Labute approximate surface area is 197 Å². The summed E-state index contributed by atoms with van der Waals surface area (Å²) in [5, 5.41) is 2.84. The van der Waals surface area contributed by atoms with E-state index >= 15 is 0 Å². The zero-order valence-electron chi connectivity index (χ0n) is 20.5. The highest BCUT2D eigenvalue weighted by molar-refractivity contribution is 7.92. The standard InChI is InChI=1S/C25H35N3O4S/c1-17(2)26-25(30)21(6)27(15-22-12-8-10-18(3)14-22)24(29)16-28(33(7,31)32)23-13-9-11-19(4)20(23)5/h8-14,17,21H,15-16H2,1-7H3,(H,26,30). The maximum absolute atomic E-state index is 13.5. The minimum atomic E-state index is -3.75. The number of aryl methyl sites for hydroxylation is 2. The number of hydrogen-bond acceptors (Lipinski definition) is 4. The molecule has 2 amide bonds. The maximum Gasteiger partial charge on any atom is 0.244 e. The third kappa shape index (κ3) is 7.05. The molecule has 0 aromatic heterocycles. The Kier molecular flexibility index (Phi) is 8.66. The van der Waals surface area contributed by atoms with Crippen LogP contribution < -0.4 is 9.62 Å². The van der Waals surface area contributed by atoms with Crippen LogP contribution in [0.4, 0.5) is 5.69 Å². The van der Waals surface area contributed by atoms with Gasteiger partial charge in [-0.1, -0.05) is 42.0 Å². The lowest BCUT2D eigenvalue weighted by Gasteiger charge is -2.32. The molecule has 0 fully saturated rings. The van der Waals surface area contributed by atoms with Crippen LogP contribution in [0.2, 0.25) is 0 Å². The fraction of sp³-hybridized carbons (Fsp3) is 0.440. The van der Waals surface area contributed by atoms with Crippen LogP contribution in [0.5, 0.6) is 0 Å². The molecule has 0 heterocycles. The van der Waals surface area contributed by atoms with Gasteiger partial charge in [-0.05, 0) is 64.3 Å². The number of carbonyl (C=O) groups excluding carboxylic acids is 2. The number of rotatable bonds is 9. The van der Waals surface area contributed by atoms with E-state index in [9.17, 15) is 18.0 Å². The van der Waals surface area contributed by atoms with Crippen LogP contribution in [0.1, 0.15) is 43.0 Å². The van der Waals surface area contributed by atoms with E-state index in [1.807, 2.05) is 65.0 Å². The van der Waals surface area contributed by atoms with Crippen molar-refractivity contribution in [3.63, 3.8) is 0 Å². The molecular weight excluding hydrogens is 438 g/mol. The molecule has 2 rings (SSSR count). The number of carbonyl (C=O) groups is 2. The largest absolute Gasteiger partial charge is 0.352 e. The van der Waals surface area contributed by atoms with E-state index in [1.165, 1.54) is 4.90 Å². The molecule has 0 aliphatic heterocycles. The molecule has 0 aliphatic rings. The predicted molar refractivity (Wildman–Crippen MR) is 133 cm³/mol. The lowest BCUT2D eigenvalue weighted by Crippen LogP contribution is -2.52. The van der Waals surface area contributed by atoms with Crippen molar-refractivity contribution in [2.45, 2.75) is 60.2 Å². The quantitative estimate of drug-likeness (QED) is 0.605. The van der Waals surface area contributed by atoms with Gasteiger partial charge in [0.15, 0.2) is 0 Å². The Balaban J connectivity index is 2.44. The Morgan fingerprint density at radius 1 is 1.00 bits per heavy atom. The van der Waals surface area contributed by atoms with Crippen molar-refractivity contribution in [1.82, 2.24) is 10.2 Å². The number of nitrogens with one attached hydrogen (secondary N) is 1. The zero-order chi connectivity index (χ0) is 24.9. The summed E-state index contributed by atoms with van der Waals surface area (Å²) < 4.78 is 26.5. The first-order valence-electron chi connectivity index (χ1n) is 11.0. The lowest BCUT2D eigenvalue weighted by atomic mass is 10.1. The summed E-state index contributed by atoms with van der Waals surface area (Å²) in [5.41, 5.74) is 4.07. The van der Waals surface area contributed by atoms with Crippen LogP contribution in [0, 0.1) is 20.8 Å². The van der Waals surface area contributed by atoms with Gasteiger partial charge in [0, 0.05) is 12.6 Å². The fourth-order valence-electron chi connectivity index (χ4n) is 3.60. The molecule has 8 heteroatoms. The van der Waals surface area contributed by atoms with E-state index < -0.39 is 28.5 Å². The van der Waals surface area contributed by atoms with E-state index in [0.717, 1.165) is 32.8 Å². The molecule has 2 aromatic rings. The molecular formula is C25H35N3O4S. The van der Waals surface area contributed by atoms with Crippen LogP contribution in [-0.4, -0.2) is 50.0 Å². The summed E-state index contributed by atoms with van der Waals surface area (Å²) >= 11 is 0. The number of sulfonamides is 1. The maximum atomic E-state index is 13.5. The van der Waals surface area contributed by atoms with Crippen molar-refractivity contribution in [2.24, 2.45) is 0 Å². The van der Waals surface area contributed by atoms with E-state index in [0.29, 0.717) is 5.69 Å². The fourth-order valence-corrected chi connectivity index (χ4v) is 4.50. The molecule has 1 unspecified atom stereocenters. The van der Waals surface area contributed by atoms with Crippen molar-refractivity contribution < 1.29 is 18.0 Å². The SMILES string of the molecule is Cc1cccc(CN(C(=O)CN(c2cccc(C)c2C)S(C)(=O)=O)C(C)C(=O)NC(C)C)c1. The van der Waals surface area contributed by atoms with Crippen molar-refractivity contribution in [1.29, 1.82) is 0 Å². The number of amides is 2.